The van der Waals surface area contributed by atoms with Crippen LogP contribution in [0.3, 0.4) is 0 Å². The Balaban J connectivity index is 1.93. The molecular weight excluding hydrogens is 383 g/mol. The summed E-state index contributed by atoms with van der Waals surface area (Å²) >= 11 is 5.82. The number of hydrogen-bond donors (Lipinski definition) is 2. The molecule has 1 heterocycles. The van der Waals surface area contributed by atoms with Crippen molar-refractivity contribution in [3.63, 3.8) is 0 Å². The second-order valence-electron chi connectivity index (χ2n) is 6.20. The number of H-pyrrole nitrogens is 1. The fourth-order valence-electron chi connectivity index (χ4n) is 2.71. The lowest BCUT2D eigenvalue weighted by molar-refractivity contribution is -0.112. The quantitative estimate of drug-likeness (QED) is 0.640. The Labute approximate surface area is 164 Å². The van der Waals surface area contributed by atoms with E-state index in [1.54, 1.807) is 24.3 Å². The van der Waals surface area contributed by atoms with Gasteiger partial charge in [0.25, 0.3) is 5.91 Å². The molecule has 0 fully saturated rings. The number of aromatic amines is 1. The molecule has 0 bridgehead atoms. The van der Waals surface area contributed by atoms with Gasteiger partial charge in [0.2, 0.25) is 5.43 Å². The van der Waals surface area contributed by atoms with Gasteiger partial charge in [-0.2, -0.15) is 0 Å². The monoisotopic (exact) mass is 398 g/mol. The number of nitrogens with one attached hydrogen (secondary N) is 2. The van der Waals surface area contributed by atoms with Crippen molar-refractivity contribution in [3.8, 4) is 0 Å². The number of ketones is 1. The van der Waals surface area contributed by atoms with Crippen LogP contribution in [-0.4, -0.2) is 16.7 Å². The van der Waals surface area contributed by atoms with Crippen molar-refractivity contribution >= 4 is 40.3 Å². The Hall–Kier alpha value is -3.25. The van der Waals surface area contributed by atoms with Crippen molar-refractivity contribution < 1.29 is 14.0 Å². The number of pyridine rings is 1. The number of fused-ring (bicyclic) bond motifs is 1. The Bertz CT molecular complexity index is 1150. The maximum atomic E-state index is 14.0. The Morgan fingerprint density at radius 3 is 2.61 bits per heavy atom. The third-order valence-electron chi connectivity index (χ3n) is 4.09. The molecule has 0 spiro atoms. The smallest absolute Gasteiger partial charge is 0.257 e. The van der Waals surface area contributed by atoms with Gasteiger partial charge in [0.1, 0.15) is 11.4 Å². The molecule has 1 aromatic heterocycles. The number of benzene rings is 2. The van der Waals surface area contributed by atoms with Gasteiger partial charge in [-0.3, -0.25) is 14.4 Å². The van der Waals surface area contributed by atoms with Crippen LogP contribution in [-0.2, 0) is 11.3 Å². The number of carbonyl (C=O) groups is 2. The lowest BCUT2D eigenvalue weighted by atomic mass is 10.1. The molecule has 0 radical (unpaired) electrons. The normalized spacial score (nSPS) is 11.1. The number of hydrogen-bond acceptors (Lipinski definition) is 3. The molecule has 0 aliphatic heterocycles. The predicted octanol–water partition coefficient (Wildman–Crippen LogP) is 3.85. The van der Waals surface area contributed by atoms with E-state index < -0.39 is 17.2 Å². The summed E-state index contributed by atoms with van der Waals surface area (Å²) in [7, 11) is 0. The van der Waals surface area contributed by atoms with E-state index >= 15 is 0 Å². The van der Waals surface area contributed by atoms with E-state index in [1.165, 1.54) is 31.3 Å². The molecule has 0 saturated heterocycles. The summed E-state index contributed by atoms with van der Waals surface area (Å²) in [6.45, 7) is 1.58. The molecule has 0 atom stereocenters. The predicted molar refractivity (Wildman–Crippen MR) is 107 cm³/mol. The summed E-state index contributed by atoms with van der Waals surface area (Å²) in [5.74, 6) is -1.43. The minimum Gasteiger partial charge on any atom is -0.360 e. The van der Waals surface area contributed by atoms with Crippen molar-refractivity contribution in [1.82, 2.24) is 10.3 Å². The molecule has 3 aromatic rings. The molecule has 28 heavy (non-hydrogen) atoms. The van der Waals surface area contributed by atoms with Crippen molar-refractivity contribution in [2.75, 3.05) is 0 Å². The van der Waals surface area contributed by atoms with Crippen LogP contribution in [0.4, 0.5) is 4.39 Å². The number of aromatic nitrogens is 1. The lowest BCUT2D eigenvalue weighted by Crippen LogP contribution is -2.28. The third kappa shape index (κ3) is 4.35. The zero-order chi connectivity index (χ0) is 20.3. The summed E-state index contributed by atoms with van der Waals surface area (Å²) in [6.07, 6.45) is 3.98. The first-order chi connectivity index (χ1) is 13.3. The first-order valence-corrected chi connectivity index (χ1v) is 8.79. The summed E-state index contributed by atoms with van der Waals surface area (Å²) < 4.78 is 14.0. The fraction of sp³-hybridized carbons (Fsp3) is 0.0952. The number of allylic oxidation sites excluding steroid dienone is 1. The number of carbonyl (C=O) groups excluding carboxylic acids is 2. The first-order valence-electron chi connectivity index (χ1n) is 8.41. The molecule has 1 amide bonds. The van der Waals surface area contributed by atoms with Gasteiger partial charge < -0.3 is 10.3 Å². The van der Waals surface area contributed by atoms with Crippen LogP contribution in [0.2, 0.25) is 5.02 Å². The first kappa shape index (κ1) is 19.5. The van der Waals surface area contributed by atoms with Gasteiger partial charge in [-0.05, 0) is 48.9 Å². The van der Waals surface area contributed by atoms with Crippen LogP contribution in [0.5, 0.6) is 0 Å². The molecule has 142 valence electrons. The Morgan fingerprint density at radius 1 is 1.21 bits per heavy atom. The van der Waals surface area contributed by atoms with E-state index in [1.807, 2.05) is 0 Å². The van der Waals surface area contributed by atoms with Crippen LogP contribution >= 0.6 is 11.6 Å². The van der Waals surface area contributed by atoms with E-state index in [0.717, 1.165) is 11.6 Å². The number of amides is 1. The highest BCUT2D eigenvalue weighted by atomic mass is 35.5. The summed E-state index contributed by atoms with van der Waals surface area (Å²) in [5.41, 5.74) is 0.777. The topological polar surface area (TPSA) is 79.0 Å². The molecular formula is C21H16ClFN2O3. The van der Waals surface area contributed by atoms with Crippen LogP contribution in [0.1, 0.15) is 28.4 Å². The highest BCUT2D eigenvalue weighted by Crippen LogP contribution is 2.18. The molecule has 0 aliphatic rings. The largest absolute Gasteiger partial charge is 0.360 e. The SMILES string of the molecule is CC(=O)C=Cc1cc(F)cc2c(=O)c(C(=O)NCc3ccc(Cl)cc3)c[nH]c12. The molecule has 3 rings (SSSR count). The number of halogens is 2. The lowest BCUT2D eigenvalue weighted by Gasteiger charge is -2.08. The van der Waals surface area contributed by atoms with Gasteiger partial charge in [-0.25, -0.2) is 4.39 Å². The van der Waals surface area contributed by atoms with Gasteiger partial charge in [0.15, 0.2) is 5.78 Å². The Kier molecular flexibility index (Phi) is 5.70. The molecule has 7 heteroatoms. The summed E-state index contributed by atoms with van der Waals surface area (Å²) in [4.78, 5) is 39.1. The average Bonchev–Trinajstić information content (AvgIpc) is 2.66. The minimum atomic E-state index is -0.639. The maximum Gasteiger partial charge on any atom is 0.257 e. The van der Waals surface area contributed by atoms with E-state index in [4.69, 9.17) is 11.6 Å². The molecule has 2 N–H and O–H groups in total. The van der Waals surface area contributed by atoms with Crippen molar-refractivity contribution in [1.29, 1.82) is 0 Å². The highest BCUT2D eigenvalue weighted by molar-refractivity contribution is 6.30. The third-order valence-corrected chi connectivity index (χ3v) is 4.34. The van der Waals surface area contributed by atoms with Gasteiger partial charge >= 0.3 is 0 Å². The van der Waals surface area contributed by atoms with Gasteiger partial charge in [0.05, 0.1) is 5.52 Å². The molecule has 0 saturated carbocycles. The van der Waals surface area contributed by atoms with Crippen molar-refractivity contribution in [3.05, 3.63) is 86.4 Å². The minimum absolute atomic E-state index is 0.0299. The zero-order valence-corrected chi connectivity index (χ0v) is 15.6. The second kappa shape index (κ2) is 8.19. The highest BCUT2D eigenvalue weighted by Gasteiger charge is 2.15. The summed E-state index contributed by atoms with van der Waals surface area (Å²) in [6, 6.07) is 9.19. The maximum absolute atomic E-state index is 14.0. The molecule has 0 unspecified atom stereocenters. The van der Waals surface area contributed by atoms with E-state index in [2.05, 4.69) is 10.3 Å². The van der Waals surface area contributed by atoms with Crippen LogP contribution in [0, 0.1) is 5.82 Å². The Morgan fingerprint density at radius 2 is 1.93 bits per heavy atom. The fourth-order valence-corrected chi connectivity index (χ4v) is 2.84. The molecule has 2 aromatic carbocycles. The van der Waals surface area contributed by atoms with Gasteiger partial charge in [0, 0.05) is 28.7 Å². The summed E-state index contributed by atoms with van der Waals surface area (Å²) in [5, 5.41) is 3.27. The van der Waals surface area contributed by atoms with E-state index in [-0.39, 0.29) is 23.3 Å². The average molecular weight is 399 g/mol. The standard InChI is InChI=1S/C21H16ClFN2O3/c1-12(26)2-5-14-8-16(23)9-17-19(14)24-11-18(20(17)27)21(28)25-10-13-3-6-15(22)7-4-13/h2-9,11H,10H2,1H3,(H,24,27)(H,25,28). The van der Waals surface area contributed by atoms with E-state index in [9.17, 15) is 18.8 Å². The van der Waals surface area contributed by atoms with Crippen LogP contribution in [0.15, 0.2) is 53.5 Å². The second-order valence-corrected chi connectivity index (χ2v) is 6.64. The number of rotatable bonds is 5. The van der Waals surface area contributed by atoms with Gasteiger partial charge in [-0.1, -0.05) is 23.7 Å². The van der Waals surface area contributed by atoms with E-state index in [0.29, 0.717) is 16.1 Å². The molecule has 0 aliphatic carbocycles. The van der Waals surface area contributed by atoms with Crippen LogP contribution in [0.25, 0.3) is 17.0 Å². The van der Waals surface area contributed by atoms with Crippen molar-refractivity contribution in [2.45, 2.75) is 13.5 Å². The van der Waals surface area contributed by atoms with Crippen molar-refractivity contribution in [2.24, 2.45) is 0 Å². The molecule has 5 nitrogen and oxygen atoms in total. The van der Waals surface area contributed by atoms with Crippen LogP contribution < -0.4 is 10.7 Å². The van der Waals surface area contributed by atoms with Gasteiger partial charge in [-0.15, -0.1) is 0 Å². The zero-order valence-electron chi connectivity index (χ0n) is 14.9.